The summed E-state index contributed by atoms with van der Waals surface area (Å²) in [5.74, 6) is 1.80. The predicted octanol–water partition coefficient (Wildman–Crippen LogP) is 2.90. The number of benzene rings is 2. The van der Waals surface area contributed by atoms with Gasteiger partial charge in [-0.1, -0.05) is 34.0 Å². The van der Waals surface area contributed by atoms with Crippen LogP contribution in [0.25, 0.3) is 0 Å². The summed E-state index contributed by atoms with van der Waals surface area (Å²) in [5.41, 5.74) is -0.807. The maximum Gasteiger partial charge on any atom is 0.265 e. The Morgan fingerprint density at radius 1 is 1.35 bits per heavy atom. The van der Waals surface area contributed by atoms with Gasteiger partial charge in [-0.15, -0.1) is 6.42 Å². The van der Waals surface area contributed by atoms with Gasteiger partial charge in [-0.3, -0.25) is 14.5 Å². The minimum Gasteiger partial charge on any atom is -0.496 e. The third-order valence-corrected chi connectivity index (χ3v) is 4.86. The molecule has 26 heavy (non-hydrogen) atoms. The van der Waals surface area contributed by atoms with Gasteiger partial charge in [-0.25, -0.2) is 0 Å². The van der Waals surface area contributed by atoms with Crippen LogP contribution in [0, 0.1) is 12.3 Å². The van der Waals surface area contributed by atoms with Gasteiger partial charge < -0.3 is 9.84 Å². The van der Waals surface area contributed by atoms with Crippen LogP contribution in [0.2, 0.25) is 0 Å². The molecule has 0 saturated heterocycles. The molecular weight excluding hydrogens is 398 g/mol. The zero-order valence-electron chi connectivity index (χ0n) is 14.0. The number of ether oxygens (including phenoxy) is 1. The number of para-hydroxylation sites is 1. The Morgan fingerprint density at radius 2 is 2.08 bits per heavy atom. The number of Topliss-reactive ketones (excluding diaryl/α,β-unsaturated/α-hetero) is 1. The summed E-state index contributed by atoms with van der Waals surface area (Å²) in [5, 5.41) is 11.2. The highest BCUT2D eigenvalue weighted by molar-refractivity contribution is 9.10. The monoisotopic (exact) mass is 413 g/mol. The maximum atomic E-state index is 12.9. The first kappa shape index (κ1) is 18.2. The van der Waals surface area contributed by atoms with Gasteiger partial charge in [0.1, 0.15) is 5.75 Å². The van der Waals surface area contributed by atoms with Crippen molar-refractivity contribution in [2.75, 3.05) is 18.6 Å². The van der Waals surface area contributed by atoms with Crippen molar-refractivity contribution in [3.63, 3.8) is 0 Å². The number of ketones is 1. The molecular formula is C20H16BrNO4. The summed E-state index contributed by atoms with van der Waals surface area (Å²) < 4.78 is 5.90. The van der Waals surface area contributed by atoms with E-state index in [2.05, 4.69) is 21.9 Å². The van der Waals surface area contributed by atoms with Gasteiger partial charge in [-0.05, 0) is 30.3 Å². The van der Waals surface area contributed by atoms with Crippen molar-refractivity contribution < 1.29 is 19.4 Å². The predicted molar refractivity (Wildman–Crippen MR) is 101 cm³/mol. The summed E-state index contributed by atoms with van der Waals surface area (Å²) in [6.45, 7) is 0.0125. The number of nitrogens with zero attached hydrogens (tertiary/aromatic N) is 1. The Kier molecular flexibility index (Phi) is 4.86. The molecule has 1 amide bonds. The first-order valence-corrected chi connectivity index (χ1v) is 8.65. The van der Waals surface area contributed by atoms with E-state index in [9.17, 15) is 14.7 Å². The van der Waals surface area contributed by atoms with Gasteiger partial charge in [0.05, 0.1) is 31.3 Å². The lowest BCUT2D eigenvalue weighted by Crippen LogP contribution is -2.42. The van der Waals surface area contributed by atoms with Crippen molar-refractivity contribution >= 4 is 33.3 Å². The molecule has 3 rings (SSSR count). The van der Waals surface area contributed by atoms with E-state index in [-0.39, 0.29) is 6.54 Å². The number of anilines is 1. The summed E-state index contributed by atoms with van der Waals surface area (Å²) in [4.78, 5) is 27.0. The fourth-order valence-corrected chi connectivity index (χ4v) is 3.51. The molecule has 0 aliphatic carbocycles. The molecule has 5 nitrogen and oxygen atoms in total. The van der Waals surface area contributed by atoms with E-state index in [1.807, 2.05) is 0 Å². The lowest BCUT2D eigenvalue weighted by atomic mass is 9.88. The molecule has 1 N–H and O–H groups in total. The highest BCUT2D eigenvalue weighted by Gasteiger charge is 2.51. The average Bonchev–Trinajstić information content (AvgIpc) is 2.83. The SMILES string of the molecule is C#CCN1C(=O)C(O)(CC(=O)c2ccccc2OC)c2cc(Br)ccc21. The van der Waals surface area contributed by atoms with E-state index in [4.69, 9.17) is 11.2 Å². The van der Waals surface area contributed by atoms with Gasteiger partial charge in [-0.2, -0.15) is 0 Å². The van der Waals surface area contributed by atoms with Crippen LogP contribution in [0.15, 0.2) is 46.9 Å². The minimum atomic E-state index is -1.98. The Balaban J connectivity index is 2.04. The molecule has 0 spiro atoms. The summed E-state index contributed by atoms with van der Waals surface area (Å²) >= 11 is 3.34. The number of terminal acetylenes is 1. The van der Waals surface area contributed by atoms with E-state index in [1.54, 1.807) is 42.5 Å². The fourth-order valence-electron chi connectivity index (χ4n) is 3.14. The lowest BCUT2D eigenvalue weighted by Gasteiger charge is -2.22. The molecule has 1 aliphatic heterocycles. The molecule has 6 heteroatoms. The van der Waals surface area contributed by atoms with Crippen LogP contribution in [0.5, 0.6) is 5.75 Å². The summed E-state index contributed by atoms with van der Waals surface area (Å²) in [6, 6.07) is 11.8. The van der Waals surface area contributed by atoms with Crippen molar-refractivity contribution in [3.05, 3.63) is 58.1 Å². The van der Waals surface area contributed by atoms with E-state index < -0.39 is 23.7 Å². The second-order valence-corrected chi connectivity index (χ2v) is 6.83. The molecule has 0 radical (unpaired) electrons. The van der Waals surface area contributed by atoms with Crippen LogP contribution in [0.1, 0.15) is 22.3 Å². The van der Waals surface area contributed by atoms with Gasteiger partial charge in [0.15, 0.2) is 11.4 Å². The molecule has 0 bridgehead atoms. The first-order valence-electron chi connectivity index (χ1n) is 7.86. The van der Waals surface area contributed by atoms with E-state index >= 15 is 0 Å². The topological polar surface area (TPSA) is 66.8 Å². The van der Waals surface area contributed by atoms with Crippen molar-refractivity contribution in [1.82, 2.24) is 0 Å². The van der Waals surface area contributed by atoms with Crippen LogP contribution in [-0.4, -0.2) is 30.5 Å². The highest BCUT2D eigenvalue weighted by Crippen LogP contribution is 2.44. The van der Waals surface area contributed by atoms with Crippen LogP contribution in [-0.2, 0) is 10.4 Å². The van der Waals surface area contributed by atoms with Gasteiger partial charge >= 0.3 is 0 Å². The second-order valence-electron chi connectivity index (χ2n) is 5.92. The lowest BCUT2D eigenvalue weighted by molar-refractivity contribution is -0.135. The van der Waals surface area contributed by atoms with E-state index in [0.29, 0.717) is 27.0 Å². The average molecular weight is 414 g/mol. The number of fused-ring (bicyclic) bond motifs is 1. The maximum absolute atomic E-state index is 12.9. The number of hydrogen-bond acceptors (Lipinski definition) is 4. The molecule has 2 aromatic carbocycles. The molecule has 1 unspecified atom stereocenters. The van der Waals surface area contributed by atoms with Gasteiger partial charge in [0, 0.05) is 10.0 Å². The zero-order valence-corrected chi connectivity index (χ0v) is 15.6. The number of hydrogen-bond donors (Lipinski definition) is 1. The number of aliphatic hydroxyl groups is 1. The highest BCUT2D eigenvalue weighted by atomic mass is 79.9. The van der Waals surface area contributed by atoms with E-state index in [1.165, 1.54) is 12.0 Å². The third-order valence-electron chi connectivity index (χ3n) is 4.37. The standard InChI is InChI=1S/C20H16BrNO4/c1-3-10-22-16-9-8-13(21)11-15(16)20(25,19(22)24)12-17(23)14-6-4-5-7-18(14)26-2/h1,4-9,11,25H,10,12H2,2H3. The molecule has 132 valence electrons. The van der Waals surface area contributed by atoms with E-state index in [0.717, 1.165) is 0 Å². The van der Waals surface area contributed by atoms with Crippen LogP contribution >= 0.6 is 15.9 Å². The molecule has 0 saturated carbocycles. The largest absolute Gasteiger partial charge is 0.496 e. The van der Waals surface area contributed by atoms with Crippen molar-refractivity contribution in [2.24, 2.45) is 0 Å². The third kappa shape index (κ3) is 2.90. The van der Waals surface area contributed by atoms with Crippen molar-refractivity contribution in [1.29, 1.82) is 0 Å². The first-order chi connectivity index (χ1) is 12.4. The van der Waals surface area contributed by atoms with Crippen LogP contribution in [0.3, 0.4) is 0 Å². The van der Waals surface area contributed by atoms with Crippen molar-refractivity contribution in [2.45, 2.75) is 12.0 Å². The summed E-state index contributed by atoms with van der Waals surface area (Å²) in [6.07, 6.45) is 4.95. The normalized spacial score (nSPS) is 18.4. The Morgan fingerprint density at radius 3 is 2.77 bits per heavy atom. The second kappa shape index (κ2) is 6.94. The Hall–Kier alpha value is -2.62. The molecule has 1 heterocycles. The van der Waals surface area contributed by atoms with Crippen LogP contribution in [0.4, 0.5) is 5.69 Å². The van der Waals surface area contributed by atoms with Gasteiger partial charge in [0.25, 0.3) is 5.91 Å². The number of carbonyl (C=O) groups is 2. The fraction of sp³-hybridized carbons (Fsp3) is 0.200. The Labute approximate surface area is 159 Å². The number of amides is 1. The zero-order chi connectivity index (χ0) is 18.9. The quantitative estimate of drug-likeness (QED) is 0.604. The molecule has 2 aromatic rings. The Bertz CT molecular complexity index is 934. The minimum absolute atomic E-state index is 0.0125. The number of methoxy groups -OCH3 is 1. The smallest absolute Gasteiger partial charge is 0.265 e. The van der Waals surface area contributed by atoms with Crippen molar-refractivity contribution in [3.8, 4) is 18.1 Å². The molecule has 1 atom stereocenters. The van der Waals surface area contributed by atoms with Gasteiger partial charge in [0.2, 0.25) is 0 Å². The molecule has 0 aromatic heterocycles. The number of rotatable bonds is 5. The summed E-state index contributed by atoms with van der Waals surface area (Å²) in [7, 11) is 1.46. The van der Waals surface area contributed by atoms with Crippen LogP contribution < -0.4 is 9.64 Å². The molecule has 1 aliphatic rings. The number of carbonyl (C=O) groups excluding carboxylic acids is 2. The number of halogens is 1. The molecule has 0 fully saturated rings.